The number of hydrogen-bond donors (Lipinski definition) is 0. The molecule has 1 aromatic heterocycles. The van der Waals surface area contributed by atoms with Crippen molar-refractivity contribution in [3.8, 4) is 0 Å². The first-order valence-electron chi connectivity index (χ1n) is 17.8. The summed E-state index contributed by atoms with van der Waals surface area (Å²) in [5, 5.41) is 0. The molecule has 0 N–H and O–H groups in total. The summed E-state index contributed by atoms with van der Waals surface area (Å²) in [7, 11) is 0. The first-order chi connectivity index (χ1) is 18.8. The summed E-state index contributed by atoms with van der Waals surface area (Å²) in [6.45, 7) is 8.14. The Bertz CT molecular complexity index is 607. The van der Waals surface area contributed by atoms with Crippen molar-refractivity contribution >= 4 is 0 Å². The van der Waals surface area contributed by atoms with Crippen LogP contribution in [0.15, 0.2) is 18.5 Å². The number of hydrogen-bond acceptors (Lipinski definition) is 0. The van der Waals surface area contributed by atoms with Crippen LogP contribution in [0.5, 0.6) is 0 Å². The maximum Gasteiger partial charge on any atom is 0.172 e. The molecule has 1 heterocycles. The highest BCUT2D eigenvalue weighted by Crippen LogP contribution is 2.17. The van der Waals surface area contributed by atoms with E-state index >= 15 is 0 Å². The van der Waals surface area contributed by atoms with Gasteiger partial charge in [0.15, 0.2) is 12.4 Å². The van der Waals surface area contributed by atoms with Crippen LogP contribution in [0, 0.1) is 0 Å². The molecule has 1 aromatic rings. The zero-order valence-corrected chi connectivity index (χ0v) is 26.7. The molecular formula is C37H70N+. The van der Waals surface area contributed by atoms with Gasteiger partial charge in [-0.25, -0.2) is 4.57 Å². The van der Waals surface area contributed by atoms with E-state index in [4.69, 9.17) is 0 Å². The molecule has 0 radical (unpaired) electrons. The molecule has 0 aliphatic rings. The third-order valence-corrected chi connectivity index (χ3v) is 8.57. The summed E-state index contributed by atoms with van der Waals surface area (Å²) in [6.07, 6.45) is 44.4. The van der Waals surface area contributed by atoms with Crippen molar-refractivity contribution in [2.75, 3.05) is 0 Å². The summed E-state index contributed by atoms with van der Waals surface area (Å²) in [5.41, 5.74) is 3.31. The van der Waals surface area contributed by atoms with E-state index in [0.29, 0.717) is 0 Å². The molecule has 222 valence electrons. The Kier molecular flexibility index (Phi) is 25.6. The molecule has 0 amide bonds. The van der Waals surface area contributed by atoms with E-state index in [1.54, 1.807) is 11.1 Å². The second-order valence-electron chi connectivity index (χ2n) is 12.4. The Morgan fingerprint density at radius 2 is 0.737 bits per heavy atom. The lowest BCUT2D eigenvalue weighted by Crippen LogP contribution is -2.34. The highest BCUT2D eigenvalue weighted by atomic mass is 14.9. The van der Waals surface area contributed by atoms with Crippen LogP contribution in [0.25, 0.3) is 0 Å². The topological polar surface area (TPSA) is 3.88 Å². The number of nitrogens with zero attached hydrogens (tertiary/aromatic N) is 1. The lowest BCUT2D eigenvalue weighted by atomic mass is 9.97. The zero-order valence-electron chi connectivity index (χ0n) is 26.7. The molecule has 1 rings (SSSR count). The normalized spacial score (nSPS) is 11.4. The van der Waals surface area contributed by atoms with Gasteiger partial charge in [-0.15, -0.1) is 0 Å². The fourth-order valence-corrected chi connectivity index (χ4v) is 5.91. The molecule has 38 heavy (non-hydrogen) atoms. The predicted molar refractivity (Wildman–Crippen MR) is 171 cm³/mol. The summed E-state index contributed by atoms with van der Waals surface area (Å²) in [5.74, 6) is 0. The number of unbranched alkanes of at least 4 members (excludes halogenated alkanes) is 23. The van der Waals surface area contributed by atoms with Gasteiger partial charge in [0.2, 0.25) is 0 Å². The van der Waals surface area contributed by atoms with Gasteiger partial charge in [0, 0.05) is 18.1 Å². The lowest BCUT2D eigenvalue weighted by Gasteiger charge is -2.10. The van der Waals surface area contributed by atoms with Crippen LogP contribution in [0.1, 0.15) is 199 Å². The molecule has 0 unspecified atom stereocenters. The van der Waals surface area contributed by atoms with E-state index < -0.39 is 0 Å². The van der Waals surface area contributed by atoms with Crippen LogP contribution in [-0.4, -0.2) is 0 Å². The predicted octanol–water partition coefficient (Wildman–Crippen LogP) is 12.3. The fourth-order valence-electron chi connectivity index (χ4n) is 5.91. The largest absolute Gasteiger partial charge is 0.205 e. The molecule has 0 aromatic carbocycles. The second-order valence-corrected chi connectivity index (χ2v) is 12.4. The molecule has 0 aliphatic carbocycles. The van der Waals surface area contributed by atoms with E-state index in [1.807, 2.05) is 0 Å². The molecule has 0 bridgehead atoms. The van der Waals surface area contributed by atoms with Gasteiger partial charge in [-0.05, 0) is 37.7 Å². The summed E-state index contributed by atoms with van der Waals surface area (Å²) in [6, 6.07) is 2.48. The molecule has 0 spiro atoms. The van der Waals surface area contributed by atoms with Crippen molar-refractivity contribution in [1.82, 2.24) is 0 Å². The average Bonchev–Trinajstić information content (AvgIpc) is 2.93. The molecule has 0 saturated heterocycles. The van der Waals surface area contributed by atoms with E-state index in [2.05, 4.69) is 43.8 Å². The Hall–Kier alpha value is -0.850. The minimum Gasteiger partial charge on any atom is -0.205 e. The monoisotopic (exact) mass is 529 g/mol. The van der Waals surface area contributed by atoms with Crippen LogP contribution in [0.2, 0.25) is 0 Å². The Balaban J connectivity index is 2.37. The van der Waals surface area contributed by atoms with Crippen LogP contribution in [0.4, 0.5) is 0 Å². The quantitative estimate of drug-likeness (QED) is 0.0719. The van der Waals surface area contributed by atoms with Crippen molar-refractivity contribution in [2.24, 2.45) is 0 Å². The zero-order chi connectivity index (χ0) is 27.4. The Morgan fingerprint density at radius 1 is 0.395 bits per heavy atom. The first kappa shape index (κ1) is 35.2. The molecule has 0 atom stereocenters. The molecule has 0 aliphatic heterocycles. The number of aromatic nitrogens is 1. The van der Waals surface area contributed by atoms with Crippen molar-refractivity contribution in [3.63, 3.8) is 0 Å². The molecular weight excluding hydrogens is 458 g/mol. The van der Waals surface area contributed by atoms with Crippen molar-refractivity contribution < 1.29 is 4.57 Å². The van der Waals surface area contributed by atoms with E-state index in [0.717, 1.165) is 0 Å². The second kappa shape index (κ2) is 27.7. The van der Waals surface area contributed by atoms with Gasteiger partial charge >= 0.3 is 0 Å². The Morgan fingerprint density at radius 3 is 1.16 bits per heavy atom. The van der Waals surface area contributed by atoms with Gasteiger partial charge in [0.1, 0.15) is 6.54 Å². The number of pyridine rings is 1. The van der Waals surface area contributed by atoms with Crippen LogP contribution < -0.4 is 4.57 Å². The van der Waals surface area contributed by atoms with Crippen molar-refractivity contribution in [1.29, 1.82) is 0 Å². The van der Waals surface area contributed by atoms with Gasteiger partial charge in [0.25, 0.3) is 0 Å². The summed E-state index contributed by atoms with van der Waals surface area (Å²) in [4.78, 5) is 0. The lowest BCUT2D eigenvalue weighted by molar-refractivity contribution is -0.697. The van der Waals surface area contributed by atoms with Crippen LogP contribution in [-0.2, 0) is 19.4 Å². The van der Waals surface area contributed by atoms with Crippen LogP contribution >= 0.6 is 0 Å². The highest BCUT2D eigenvalue weighted by Gasteiger charge is 2.10. The van der Waals surface area contributed by atoms with Crippen molar-refractivity contribution in [2.45, 2.75) is 207 Å². The van der Waals surface area contributed by atoms with E-state index in [-0.39, 0.29) is 0 Å². The third-order valence-electron chi connectivity index (χ3n) is 8.57. The number of aryl methyl sites for hydroxylation is 3. The minimum atomic E-state index is 1.21. The summed E-state index contributed by atoms with van der Waals surface area (Å²) < 4.78 is 2.52. The van der Waals surface area contributed by atoms with Gasteiger partial charge < -0.3 is 0 Å². The first-order valence-corrected chi connectivity index (χ1v) is 17.8. The smallest absolute Gasteiger partial charge is 0.172 e. The van der Waals surface area contributed by atoms with Crippen LogP contribution in [0.3, 0.4) is 0 Å². The van der Waals surface area contributed by atoms with Crippen molar-refractivity contribution in [3.05, 3.63) is 29.6 Å². The van der Waals surface area contributed by atoms with E-state index in [1.165, 1.54) is 186 Å². The molecule has 0 fully saturated rings. The van der Waals surface area contributed by atoms with Gasteiger partial charge in [0.05, 0.1) is 0 Å². The number of rotatable bonds is 29. The Labute approximate surface area is 241 Å². The SMILES string of the molecule is CCCCCCCCCCCC[n+]1ccc(CCCCCCCCCC)c(CCCCCCCCCC)c1. The molecule has 1 nitrogen and oxygen atoms in total. The fraction of sp³-hybridized carbons (Fsp3) is 0.865. The third kappa shape index (κ3) is 21.0. The van der Waals surface area contributed by atoms with Gasteiger partial charge in [-0.3, -0.25) is 0 Å². The summed E-state index contributed by atoms with van der Waals surface area (Å²) >= 11 is 0. The molecule has 1 heteroatoms. The average molecular weight is 529 g/mol. The van der Waals surface area contributed by atoms with Gasteiger partial charge in [-0.1, -0.05) is 162 Å². The maximum absolute atomic E-state index is 2.54. The molecule has 0 saturated carbocycles. The standard InChI is InChI=1S/C37H70N/c1-4-7-10-13-16-19-20-23-26-29-33-38-34-32-36(30-27-24-21-17-14-11-8-5-2)37(35-38)31-28-25-22-18-15-12-9-6-3/h32,34-35H,4-31,33H2,1-3H3/q+1. The maximum atomic E-state index is 2.54. The van der Waals surface area contributed by atoms with Gasteiger partial charge in [-0.2, -0.15) is 0 Å². The highest BCUT2D eigenvalue weighted by molar-refractivity contribution is 5.21. The van der Waals surface area contributed by atoms with E-state index in [9.17, 15) is 0 Å². The minimum absolute atomic E-state index is 1.21.